The van der Waals surface area contributed by atoms with E-state index in [0.29, 0.717) is 18.6 Å². The van der Waals surface area contributed by atoms with E-state index in [1.54, 1.807) is 11.1 Å². The molecule has 2 nitrogen and oxygen atoms in total. The molecule has 2 aliphatic rings. The highest BCUT2D eigenvalue weighted by atomic mass is 16.3. The molecule has 1 aliphatic carbocycles. The number of nitrogens with zero attached hydrogens (tertiary/aromatic N) is 1. The van der Waals surface area contributed by atoms with Crippen LogP contribution in [-0.2, 0) is 12.8 Å². The van der Waals surface area contributed by atoms with Gasteiger partial charge in [-0.1, -0.05) is 24.3 Å². The average Bonchev–Trinajstić information content (AvgIpc) is 2.47. The second kappa shape index (κ2) is 5.41. The van der Waals surface area contributed by atoms with Gasteiger partial charge in [-0.25, -0.2) is 0 Å². The molecule has 2 heteroatoms. The Morgan fingerprint density at radius 2 is 2.00 bits per heavy atom. The molecule has 0 unspecified atom stereocenters. The number of hydrogen-bond donors (Lipinski definition) is 1. The topological polar surface area (TPSA) is 23.5 Å². The van der Waals surface area contributed by atoms with Crippen LogP contribution in [0, 0.1) is 5.92 Å². The van der Waals surface area contributed by atoms with Gasteiger partial charge in [-0.15, -0.1) is 0 Å². The van der Waals surface area contributed by atoms with Gasteiger partial charge in [0.2, 0.25) is 0 Å². The van der Waals surface area contributed by atoms with Crippen molar-refractivity contribution in [2.24, 2.45) is 5.92 Å². The van der Waals surface area contributed by atoms with Crippen molar-refractivity contribution >= 4 is 0 Å². The fourth-order valence-electron chi connectivity index (χ4n) is 3.57. The molecule has 0 aromatic heterocycles. The summed E-state index contributed by atoms with van der Waals surface area (Å²) in [5.74, 6) is 0.510. The number of hydrogen-bond acceptors (Lipinski definition) is 2. The molecule has 1 N–H and O–H groups in total. The van der Waals surface area contributed by atoms with E-state index < -0.39 is 0 Å². The first-order chi connectivity index (χ1) is 8.86. The van der Waals surface area contributed by atoms with E-state index in [-0.39, 0.29) is 0 Å². The molecular formula is C16H23NO. The number of benzene rings is 1. The number of fused-ring (bicyclic) bond motifs is 1. The van der Waals surface area contributed by atoms with E-state index in [2.05, 4.69) is 29.2 Å². The first-order valence-electron chi connectivity index (χ1n) is 7.28. The lowest BCUT2D eigenvalue weighted by atomic mass is 9.86. The summed E-state index contributed by atoms with van der Waals surface area (Å²) in [6.45, 7) is 2.69. The van der Waals surface area contributed by atoms with Crippen molar-refractivity contribution in [3.8, 4) is 0 Å². The smallest absolute Gasteiger partial charge is 0.0471 e. The Balaban J connectivity index is 1.68. The van der Waals surface area contributed by atoms with Crippen molar-refractivity contribution in [1.29, 1.82) is 0 Å². The summed E-state index contributed by atoms with van der Waals surface area (Å²) in [7, 11) is 0. The van der Waals surface area contributed by atoms with Gasteiger partial charge in [-0.05, 0) is 55.7 Å². The number of aliphatic hydroxyl groups excluding tert-OH is 1. The minimum absolute atomic E-state index is 0.361. The Morgan fingerprint density at radius 3 is 2.83 bits per heavy atom. The van der Waals surface area contributed by atoms with Crippen LogP contribution in [-0.4, -0.2) is 35.7 Å². The van der Waals surface area contributed by atoms with Crippen LogP contribution < -0.4 is 0 Å². The van der Waals surface area contributed by atoms with Gasteiger partial charge >= 0.3 is 0 Å². The Kier molecular flexibility index (Phi) is 3.67. The molecule has 1 aromatic rings. The molecule has 3 rings (SSSR count). The Hall–Kier alpha value is -0.860. The average molecular weight is 245 g/mol. The van der Waals surface area contributed by atoms with Crippen LogP contribution >= 0.6 is 0 Å². The van der Waals surface area contributed by atoms with E-state index in [9.17, 15) is 5.11 Å². The van der Waals surface area contributed by atoms with Crippen LogP contribution in [0.1, 0.15) is 30.4 Å². The van der Waals surface area contributed by atoms with Crippen LogP contribution in [0.25, 0.3) is 0 Å². The minimum Gasteiger partial charge on any atom is -0.396 e. The predicted molar refractivity (Wildman–Crippen MR) is 73.6 cm³/mol. The fourth-order valence-corrected chi connectivity index (χ4v) is 3.57. The van der Waals surface area contributed by atoms with Gasteiger partial charge in [0.15, 0.2) is 0 Å². The number of aryl methyl sites for hydroxylation is 1. The lowest BCUT2D eigenvalue weighted by Gasteiger charge is -2.40. The molecule has 1 fully saturated rings. The van der Waals surface area contributed by atoms with Crippen LogP contribution in [0.3, 0.4) is 0 Å². The van der Waals surface area contributed by atoms with E-state index >= 15 is 0 Å². The summed E-state index contributed by atoms with van der Waals surface area (Å²) in [5.41, 5.74) is 3.09. The second-order valence-electron chi connectivity index (χ2n) is 5.85. The van der Waals surface area contributed by atoms with Gasteiger partial charge in [-0.3, -0.25) is 4.90 Å². The number of rotatable bonds is 2. The lowest BCUT2D eigenvalue weighted by molar-refractivity contribution is 0.0820. The molecule has 0 bridgehead atoms. The zero-order chi connectivity index (χ0) is 12.4. The minimum atomic E-state index is 0.361. The summed E-state index contributed by atoms with van der Waals surface area (Å²) in [4.78, 5) is 2.63. The maximum absolute atomic E-state index is 9.34. The Labute approximate surface area is 110 Å². The van der Waals surface area contributed by atoms with Gasteiger partial charge < -0.3 is 5.11 Å². The first-order valence-corrected chi connectivity index (χ1v) is 7.28. The molecule has 0 radical (unpaired) electrons. The third-order valence-corrected chi connectivity index (χ3v) is 4.65. The normalized spacial score (nSPS) is 28.9. The van der Waals surface area contributed by atoms with Crippen molar-refractivity contribution in [3.63, 3.8) is 0 Å². The maximum atomic E-state index is 9.34. The summed E-state index contributed by atoms with van der Waals surface area (Å²) in [6.07, 6.45) is 6.17. The molecule has 1 aromatic carbocycles. The molecule has 1 heterocycles. The van der Waals surface area contributed by atoms with Crippen molar-refractivity contribution in [2.75, 3.05) is 19.7 Å². The van der Waals surface area contributed by atoms with Crippen molar-refractivity contribution in [2.45, 2.75) is 38.1 Å². The molecule has 1 aliphatic heterocycles. The van der Waals surface area contributed by atoms with Crippen molar-refractivity contribution < 1.29 is 5.11 Å². The van der Waals surface area contributed by atoms with Gasteiger partial charge in [0.05, 0.1) is 0 Å². The fraction of sp³-hybridized carbons (Fsp3) is 0.625. The Bertz CT molecular complexity index is 404. The maximum Gasteiger partial charge on any atom is 0.0471 e. The molecule has 18 heavy (non-hydrogen) atoms. The van der Waals surface area contributed by atoms with Gasteiger partial charge in [0.25, 0.3) is 0 Å². The number of aliphatic hydroxyl groups is 1. The number of piperidine rings is 1. The molecule has 0 saturated carbocycles. The second-order valence-corrected chi connectivity index (χ2v) is 5.85. The van der Waals surface area contributed by atoms with E-state index in [1.807, 2.05) is 0 Å². The zero-order valence-electron chi connectivity index (χ0n) is 11.0. The highest BCUT2D eigenvalue weighted by Crippen LogP contribution is 2.27. The van der Waals surface area contributed by atoms with Crippen LogP contribution in [0.2, 0.25) is 0 Å². The molecule has 98 valence electrons. The standard InChI is InChI=1S/C16H23NO/c18-12-13-4-3-9-17(11-13)16-8-7-14-5-1-2-6-15(14)10-16/h1-2,5-6,13,16,18H,3-4,7-12H2/t13-,16+/m1/s1. The summed E-state index contributed by atoms with van der Waals surface area (Å²) in [6, 6.07) is 9.58. The largest absolute Gasteiger partial charge is 0.396 e. The van der Waals surface area contributed by atoms with Gasteiger partial charge in [0, 0.05) is 19.2 Å². The monoisotopic (exact) mass is 245 g/mol. The molecule has 0 spiro atoms. The highest BCUT2D eigenvalue weighted by Gasteiger charge is 2.28. The van der Waals surface area contributed by atoms with Crippen molar-refractivity contribution in [1.82, 2.24) is 4.90 Å². The third kappa shape index (κ3) is 2.45. The van der Waals surface area contributed by atoms with E-state index in [1.165, 1.54) is 38.6 Å². The molecule has 0 amide bonds. The highest BCUT2D eigenvalue weighted by molar-refractivity contribution is 5.30. The van der Waals surface area contributed by atoms with E-state index in [4.69, 9.17) is 0 Å². The number of likely N-dealkylation sites (tertiary alicyclic amines) is 1. The van der Waals surface area contributed by atoms with Gasteiger partial charge in [0.1, 0.15) is 0 Å². The van der Waals surface area contributed by atoms with Crippen molar-refractivity contribution in [3.05, 3.63) is 35.4 Å². The predicted octanol–water partition coefficient (Wildman–Crippen LogP) is 2.25. The van der Waals surface area contributed by atoms with E-state index in [0.717, 1.165) is 6.54 Å². The molecule has 2 atom stereocenters. The first kappa shape index (κ1) is 12.2. The molecule has 1 saturated heterocycles. The Morgan fingerprint density at radius 1 is 1.17 bits per heavy atom. The summed E-state index contributed by atoms with van der Waals surface area (Å²) >= 11 is 0. The SMILES string of the molecule is OC[C@@H]1CCCN([C@H]2CCc3ccccc3C2)C1. The van der Waals surface area contributed by atoms with Gasteiger partial charge in [-0.2, -0.15) is 0 Å². The van der Waals surface area contributed by atoms with Crippen LogP contribution in [0.4, 0.5) is 0 Å². The molecular weight excluding hydrogens is 222 g/mol. The lowest BCUT2D eigenvalue weighted by Crippen LogP contribution is -2.45. The quantitative estimate of drug-likeness (QED) is 0.864. The third-order valence-electron chi connectivity index (χ3n) is 4.65. The zero-order valence-corrected chi connectivity index (χ0v) is 11.0. The van der Waals surface area contributed by atoms with Crippen LogP contribution in [0.15, 0.2) is 24.3 Å². The summed E-state index contributed by atoms with van der Waals surface area (Å²) < 4.78 is 0. The summed E-state index contributed by atoms with van der Waals surface area (Å²) in [5, 5.41) is 9.34. The van der Waals surface area contributed by atoms with Crippen LogP contribution in [0.5, 0.6) is 0 Å².